The summed E-state index contributed by atoms with van der Waals surface area (Å²) in [5.74, 6) is 0.129. The summed E-state index contributed by atoms with van der Waals surface area (Å²) in [4.78, 5) is 7.63. The van der Waals surface area contributed by atoms with Gasteiger partial charge in [0.15, 0.2) is 0 Å². The van der Waals surface area contributed by atoms with E-state index < -0.39 is 10.0 Å². The van der Waals surface area contributed by atoms with Gasteiger partial charge in [0.25, 0.3) is 10.0 Å². The smallest absolute Gasteiger partial charge is 0.263 e. The van der Waals surface area contributed by atoms with Gasteiger partial charge in [0.2, 0.25) is 0 Å². The molecule has 0 aliphatic heterocycles. The first kappa shape index (κ1) is 14.2. The van der Waals surface area contributed by atoms with Crippen LogP contribution in [-0.2, 0) is 15.4 Å². The molecule has 0 saturated heterocycles. The molecule has 0 aliphatic carbocycles. The number of hydrogen-bond acceptors (Lipinski definition) is 4. The third-order valence-corrected chi connectivity index (χ3v) is 4.49. The molecule has 100 valence electrons. The number of anilines is 1. The summed E-state index contributed by atoms with van der Waals surface area (Å²) >= 11 is 8.97. The van der Waals surface area contributed by atoms with E-state index in [4.69, 9.17) is 11.6 Å². The van der Waals surface area contributed by atoms with E-state index in [-0.39, 0.29) is 15.9 Å². The number of nitrogens with one attached hydrogen (secondary N) is 1. The lowest BCUT2D eigenvalue weighted by molar-refractivity contribution is 0.601. The number of nitrogens with zero attached hydrogens (tertiary/aromatic N) is 2. The highest BCUT2D eigenvalue weighted by molar-refractivity contribution is 9.08. The molecule has 1 heterocycles. The minimum absolute atomic E-state index is 0.129. The second-order valence-corrected chi connectivity index (χ2v) is 6.24. The molecule has 0 unspecified atom stereocenters. The third-order valence-electron chi connectivity index (χ3n) is 2.26. The molecule has 0 radical (unpaired) electrons. The zero-order valence-electron chi connectivity index (χ0n) is 9.55. The average Bonchev–Trinajstić information content (AvgIpc) is 2.38. The van der Waals surface area contributed by atoms with Crippen LogP contribution in [0.2, 0.25) is 5.15 Å². The van der Waals surface area contributed by atoms with Gasteiger partial charge in [0.1, 0.15) is 17.3 Å². The number of aromatic nitrogens is 2. The minimum Gasteiger partial charge on any atom is -0.263 e. The highest BCUT2D eigenvalue weighted by Gasteiger charge is 2.14. The third kappa shape index (κ3) is 3.65. The van der Waals surface area contributed by atoms with Gasteiger partial charge in [-0.2, -0.15) is 0 Å². The van der Waals surface area contributed by atoms with Crippen molar-refractivity contribution in [1.29, 1.82) is 0 Å². The van der Waals surface area contributed by atoms with Crippen LogP contribution in [0.25, 0.3) is 0 Å². The van der Waals surface area contributed by atoms with Gasteiger partial charge in [-0.15, -0.1) is 0 Å². The van der Waals surface area contributed by atoms with Crippen LogP contribution in [0.15, 0.2) is 41.6 Å². The topological polar surface area (TPSA) is 72.0 Å². The highest BCUT2D eigenvalue weighted by Crippen LogP contribution is 2.17. The van der Waals surface area contributed by atoms with Crippen molar-refractivity contribution in [1.82, 2.24) is 9.97 Å². The number of sulfonamides is 1. The second kappa shape index (κ2) is 5.85. The van der Waals surface area contributed by atoms with Gasteiger partial charge in [-0.05, 0) is 17.7 Å². The standard InChI is InChI=1S/C11H9BrClN3O2S/c12-6-8-1-3-9(4-2-8)19(17,18)16-11-5-10(13)14-7-15-11/h1-5,7H,6H2,(H,14,15,16). The van der Waals surface area contributed by atoms with E-state index in [1.54, 1.807) is 12.1 Å². The Hall–Kier alpha value is -1.18. The van der Waals surface area contributed by atoms with Crippen molar-refractivity contribution in [2.75, 3.05) is 4.72 Å². The lowest BCUT2D eigenvalue weighted by Gasteiger charge is -2.07. The molecule has 0 fully saturated rings. The summed E-state index contributed by atoms with van der Waals surface area (Å²) in [5.41, 5.74) is 0.990. The largest absolute Gasteiger partial charge is 0.263 e. The fraction of sp³-hybridized carbons (Fsp3) is 0.0909. The summed E-state index contributed by atoms with van der Waals surface area (Å²) in [7, 11) is -3.67. The number of rotatable bonds is 4. The highest BCUT2D eigenvalue weighted by atomic mass is 79.9. The Morgan fingerprint density at radius 3 is 2.47 bits per heavy atom. The van der Waals surface area contributed by atoms with Gasteiger partial charge in [-0.1, -0.05) is 39.7 Å². The number of halogens is 2. The molecule has 0 saturated carbocycles. The van der Waals surface area contributed by atoms with E-state index in [1.807, 2.05) is 0 Å². The van der Waals surface area contributed by atoms with E-state index in [9.17, 15) is 8.42 Å². The van der Waals surface area contributed by atoms with E-state index in [1.165, 1.54) is 24.5 Å². The molecule has 1 aromatic carbocycles. The second-order valence-electron chi connectivity index (χ2n) is 3.61. The van der Waals surface area contributed by atoms with Crippen LogP contribution in [-0.4, -0.2) is 18.4 Å². The predicted molar refractivity (Wildman–Crippen MR) is 76.9 cm³/mol. The summed E-state index contributed by atoms with van der Waals surface area (Å²) in [5, 5.41) is 0.838. The number of benzene rings is 1. The molecule has 5 nitrogen and oxygen atoms in total. The Balaban J connectivity index is 2.27. The normalized spacial score (nSPS) is 11.3. The van der Waals surface area contributed by atoms with Crippen LogP contribution >= 0.6 is 27.5 Å². The van der Waals surface area contributed by atoms with Gasteiger partial charge in [-0.25, -0.2) is 18.4 Å². The van der Waals surface area contributed by atoms with Crippen LogP contribution in [0.3, 0.4) is 0 Å². The van der Waals surface area contributed by atoms with Crippen LogP contribution < -0.4 is 4.72 Å². The van der Waals surface area contributed by atoms with Crippen molar-refractivity contribution in [2.24, 2.45) is 0 Å². The first-order chi connectivity index (χ1) is 9.01. The van der Waals surface area contributed by atoms with E-state index in [2.05, 4.69) is 30.6 Å². The van der Waals surface area contributed by atoms with E-state index >= 15 is 0 Å². The Kier molecular flexibility index (Phi) is 4.38. The molecule has 0 aliphatic rings. The Bertz CT molecular complexity index is 677. The maximum absolute atomic E-state index is 12.1. The quantitative estimate of drug-likeness (QED) is 0.670. The maximum atomic E-state index is 12.1. The molecule has 0 atom stereocenters. The van der Waals surface area contributed by atoms with Crippen LogP contribution in [0.1, 0.15) is 5.56 Å². The molecular weight excluding hydrogens is 354 g/mol. The minimum atomic E-state index is -3.67. The first-order valence-electron chi connectivity index (χ1n) is 5.16. The van der Waals surface area contributed by atoms with Crippen LogP contribution in [0.5, 0.6) is 0 Å². The molecule has 19 heavy (non-hydrogen) atoms. The molecule has 1 N–H and O–H groups in total. The fourth-order valence-corrected chi connectivity index (χ4v) is 2.86. The lowest BCUT2D eigenvalue weighted by atomic mass is 10.2. The maximum Gasteiger partial charge on any atom is 0.263 e. The molecule has 2 rings (SSSR count). The Morgan fingerprint density at radius 1 is 1.21 bits per heavy atom. The van der Waals surface area contributed by atoms with Crippen LogP contribution in [0.4, 0.5) is 5.82 Å². The zero-order chi connectivity index (χ0) is 13.9. The van der Waals surface area contributed by atoms with Crippen molar-refractivity contribution in [2.45, 2.75) is 10.2 Å². The van der Waals surface area contributed by atoms with Crippen molar-refractivity contribution in [3.05, 3.63) is 47.4 Å². The first-order valence-corrected chi connectivity index (χ1v) is 8.15. The van der Waals surface area contributed by atoms with Crippen molar-refractivity contribution < 1.29 is 8.42 Å². The molecule has 2 aromatic rings. The van der Waals surface area contributed by atoms with Gasteiger partial charge in [0.05, 0.1) is 4.90 Å². The molecule has 0 spiro atoms. The van der Waals surface area contributed by atoms with Crippen LogP contribution in [0, 0.1) is 0 Å². The molecular formula is C11H9BrClN3O2S. The summed E-state index contributed by atoms with van der Waals surface area (Å²) in [6.45, 7) is 0. The molecule has 0 amide bonds. The lowest BCUT2D eigenvalue weighted by Crippen LogP contribution is -2.14. The zero-order valence-corrected chi connectivity index (χ0v) is 12.7. The van der Waals surface area contributed by atoms with E-state index in [0.29, 0.717) is 5.33 Å². The van der Waals surface area contributed by atoms with Gasteiger partial charge in [-0.3, -0.25) is 4.72 Å². The van der Waals surface area contributed by atoms with Crippen molar-refractivity contribution in [3.63, 3.8) is 0 Å². The number of alkyl halides is 1. The average molecular weight is 363 g/mol. The molecule has 0 bridgehead atoms. The van der Waals surface area contributed by atoms with Gasteiger partial charge < -0.3 is 0 Å². The Labute approximate surface area is 124 Å². The van der Waals surface area contributed by atoms with Crippen molar-refractivity contribution in [3.8, 4) is 0 Å². The molecule has 8 heteroatoms. The molecule has 1 aromatic heterocycles. The Morgan fingerprint density at radius 2 is 1.89 bits per heavy atom. The van der Waals surface area contributed by atoms with Crippen molar-refractivity contribution >= 4 is 43.4 Å². The fourth-order valence-electron chi connectivity index (χ4n) is 1.34. The van der Waals surface area contributed by atoms with Gasteiger partial charge in [0, 0.05) is 11.4 Å². The summed E-state index contributed by atoms with van der Waals surface area (Å²) in [6, 6.07) is 7.86. The van der Waals surface area contributed by atoms with Gasteiger partial charge >= 0.3 is 0 Å². The monoisotopic (exact) mass is 361 g/mol. The predicted octanol–water partition coefficient (Wildman–Crippen LogP) is 2.83. The summed E-state index contributed by atoms with van der Waals surface area (Å²) in [6.07, 6.45) is 1.19. The summed E-state index contributed by atoms with van der Waals surface area (Å²) < 4.78 is 26.5. The SMILES string of the molecule is O=S(=O)(Nc1cc(Cl)ncn1)c1ccc(CBr)cc1. The number of hydrogen-bond donors (Lipinski definition) is 1. The van der Waals surface area contributed by atoms with E-state index in [0.717, 1.165) is 5.56 Å².